The van der Waals surface area contributed by atoms with Gasteiger partial charge in [-0.1, -0.05) is 158 Å². The van der Waals surface area contributed by atoms with Crippen LogP contribution < -0.4 is 10.6 Å². The molecule has 0 radical (unpaired) electrons. The van der Waals surface area contributed by atoms with Crippen LogP contribution in [0.3, 0.4) is 0 Å². The molecule has 0 amide bonds. The van der Waals surface area contributed by atoms with Gasteiger partial charge in [0.1, 0.15) is 29.3 Å². The van der Waals surface area contributed by atoms with Crippen molar-refractivity contribution in [2.75, 3.05) is 0 Å². The predicted octanol–water partition coefficient (Wildman–Crippen LogP) is 11.6. The molecule has 4 nitrogen and oxygen atoms in total. The highest BCUT2D eigenvalue weighted by atomic mass is 16.3. The molecule has 51 heavy (non-hydrogen) atoms. The topological polar surface area (TPSA) is 49.6 Å². The van der Waals surface area contributed by atoms with Crippen molar-refractivity contribution < 1.29 is 4.42 Å². The summed E-state index contributed by atoms with van der Waals surface area (Å²) in [5.41, 5.74) is 9.68. The molecule has 1 aliphatic rings. The minimum absolute atomic E-state index is 0.246. The van der Waals surface area contributed by atoms with Gasteiger partial charge in [0.05, 0.1) is 0 Å². The van der Waals surface area contributed by atoms with Crippen LogP contribution in [0.5, 0.6) is 0 Å². The molecule has 2 N–H and O–H groups in total. The molecule has 0 aliphatic carbocycles. The number of amidine groups is 1. The lowest BCUT2D eigenvalue weighted by Crippen LogP contribution is -2.45. The van der Waals surface area contributed by atoms with Gasteiger partial charge in [-0.2, -0.15) is 0 Å². The lowest BCUT2D eigenvalue weighted by atomic mass is 9.93. The molecule has 0 saturated carbocycles. The Hall–Kier alpha value is -6.49. The van der Waals surface area contributed by atoms with Crippen molar-refractivity contribution >= 4 is 49.3 Å². The fourth-order valence-electron chi connectivity index (χ4n) is 7.64. The van der Waals surface area contributed by atoms with Gasteiger partial charge in [0.15, 0.2) is 0 Å². The van der Waals surface area contributed by atoms with Gasteiger partial charge in [0.2, 0.25) is 0 Å². The van der Waals surface area contributed by atoms with Gasteiger partial charge in [0, 0.05) is 27.5 Å². The van der Waals surface area contributed by atoms with Crippen molar-refractivity contribution in [3.63, 3.8) is 0 Å². The SMILES string of the molecule is c1ccc(-c2ccc3cc(C4=NC(c5ccccc5)NC(c5ccc(-c6cccc7ccccc67)c6oc7ccccc7c56)N4)ccc3c2)cc1. The monoisotopic (exact) mass is 655 g/mol. The Labute approximate surface area is 295 Å². The van der Waals surface area contributed by atoms with Gasteiger partial charge >= 0.3 is 0 Å². The summed E-state index contributed by atoms with van der Waals surface area (Å²) in [5, 5.41) is 14.6. The van der Waals surface area contributed by atoms with Crippen LogP contribution in [-0.2, 0) is 0 Å². The smallest absolute Gasteiger partial charge is 0.143 e. The number of nitrogens with one attached hydrogen (secondary N) is 2. The average molecular weight is 656 g/mol. The average Bonchev–Trinajstić information content (AvgIpc) is 3.60. The third kappa shape index (κ3) is 5.16. The van der Waals surface area contributed by atoms with Crippen molar-refractivity contribution in [3.05, 3.63) is 193 Å². The van der Waals surface area contributed by atoms with Crippen molar-refractivity contribution in [1.29, 1.82) is 0 Å². The van der Waals surface area contributed by atoms with Gasteiger partial charge in [-0.05, 0) is 62.0 Å². The number of aliphatic imine (C=N–C) groups is 1. The fraction of sp³-hybridized carbons (Fsp3) is 0.0426. The number of fused-ring (bicyclic) bond motifs is 5. The largest absolute Gasteiger partial charge is 0.455 e. The van der Waals surface area contributed by atoms with E-state index in [1.54, 1.807) is 0 Å². The normalized spacial score (nSPS) is 16.0. The van der Waals surface area contributed by atoms with Crippen molar-refractivity contribution in [3.8, 4) is 22.3 Å². The second-order valence-corrected chi connectivity index (χ2v) is 13.2. The number of nitrogens with zero attached hydrogens (tertiary/aromatic N) is 1. The van der Waals surface area contributed by atoms with Gasteiger partial charge < -0.3 is 9.73 Å². The Morgan fingerprint density at radius 3 is 2.02 bits per heavy atom. The predicted molar refractivity (Wildman–Crippen MR) is 211 cm³/mol. The van der Waals surface area contributed by atoms with Crippen LogP contribution in [0.25, 0.3) is 65.7 Å². The van der Waals surface area contributed by atoms with E-state index in [2.05, 4.69) is 174 Å². The van der Waals surface area contributed by atoms with Crippen LogP contribution in [0.15, 0.2) is 185 Å². The molecule has 242 valence electrons. The number of furan rings is 1. The first-order valence-electron chi connectivity index (χ1n) is 17.4. The van der Waals surface area contributed by atoms with E-state index in [4.69, 9.17) is 9.41 Å². The summed E-state index contributed by atoms with van der Waals surface area (Å²) in [5.74, 6) is 0.848. The van der Waals surface area contributed by atoms with E-state index in [0.29, 0.717) is 0 Å². The molecule has 2 unspecified atom stereocenters. The van der Waals surface area contributed by atoms with Gasteiger partial charge in [0.25, 0.3) is 0 Å². The first kappa shape index (κ1) is 29.4. The van der Waals surface area contributed by atoms with E-state index < -0.39 is 0 Å². The van der Waals surface area contributed by atoms with E-state index in [1.807, 2.05) is 12.1 Å². The maximum atomic E-state index is 6.75. The summed E-state index contributed by atoms with van der Waals surface area (Å²) in [6.07, 6.45) is -0.501. The molecule has 0 bridgehead atoms. The highest BCUT2D eigenvalue weighted by Gasteiger charge is 2.29. The van der Waals surface area contributed by atoms with Crippen LogP contribution >= 0.6 is 0 Å². The zero-order valence-electron chi connectivity index (χ0n) is 27.8. The highest BCUT2D eigenvalue weighted by Crippen LogP contribution is 2.42. The Bertz CT molecular complexity index is 2760. The van der Waals surface area contributed by atoms with E-state index in [1.165, 1.54) is 32.7 Å². The maximum Gasteiger partial charge on any atom is 0.143 e. The lowest BCUT2D eigenvalue weighted by Gasteiger charge is -2.32. The first-order valence-corrected chi connectivity index (χ1v) is 17.4. The minimum Gasteiger partial charge on any atom is -0.455 e. The van der Waals surface area contributed by atoms with Crippen molar-refractivity contribution in [2.45, 2.75) is 12.3 Å². The molecule has 4 heteroatoms. The quantitative estimate of drug-likeness (QED) is 0.194. The van der Waals surface area contributed by atoms with Crippen LogP contribution in [0.1, 0.15) is 29.0 Å². The second-order valence-electron chi connectivity index (χ2n) is 13.2. The molecule has 10 rings (SSSR count). The molecule has 1 aromatic heterocycles. The minimum atomic E-state index is -0.255. The molecular weight excluding hydrogens is 623 g/mol. The van der Waals surface area contributed by atoms with Gasteiger partial charge in [-0.25, -0.2) is 4.99 Å². The van der Waals surface area contributed by atoms with E-state index in [-0.39, 0.29) is 12.3 Å². The summed E-state index contributed by atoms with van der Waals surface area (Å²) in [7, 11) is 0. The Kier molecular flexibility index (Phi) is 7.00. The molecule has 0 fully saturated rings. The van der Waals surface area contributed by atoms with Crippen LogP contribution in [0, 0.1) is 0 Å². The van der Waals surface area contributed by atoms with Crippen LogP contribution in [-0.4, -0.2) is 5.84 Å². The van der Waals surface area contributed by atoms with Gasteiger partial charge in [-0.15, -0.1) is 0 Å². The fourth-order valence-corrected chi connectivity index (χ4v) is 7.64. The first-order chi connectivity index (χ1) is 25.3. The summed E-state index contributed by atoms with van der Waals surface area (Å²) in [6, 6.07) is 62.2. The molecule has 1 aliphatic heterocycles. The lowest BCUT2D eigenvalue weighted by molar-refractivity contribution is 0.411. The third-order valence-corrected chi connectivity index (χ3v) is 10.1. The number of benzene rings is 8. The molecule has 0 saturated heterocycles. The van der Waals surface area contributed by atoms with E-state index in [0.717, 1.165) is 55.6 Å². The number of hydrogen-bond acceptors (Lipinski definition) is 4. The summed E-state index contributed by atoms with van der Waals surface area (Å²) >= 11 is 0. The molecule has 0 spiro atoms. The zero-order valence-corrected chi connectivity index (χ0v) is 27.8. The number of para-hydroxylation sites is 1. The molecule has 8 aromatic carbocycles. The standard InChI is InChI=1S/C47H33N3O/c1-3-12-30(13-4-1)33-22-23-35-29-36(25-24-34(35)28-33)46-48-45(32-15-5-2-6-16-32)49-47(50-46)41-27-26-39(38-20-11-17-31-14-7-8-18-37(31)38)44-43(41)40-19-9-10-21-42(40)51-44/h1-29,45,47,49H,(H,48,50). The number of rotatable bonds is 5. The van der Waals surface area contributed by atoms with E-state index in [9.17, 15) is 0 Å². The summed E-state index contributed by atoms with van der Waals surface area (Å²) in [4.78, 5) is 5.27. The summed E-state index contributed by atoms with van der Waals surface area (Å²) in [6.45, 7) is 0. The maximum absolute atomic E-state index is 6.75. The van der Waals surface area contributed by atoms with Crippen LogP contribution in [0.4, 0.5) is 0 Å². The Morgan fingerprint density at radius 2 is 1.18 bits per heavy atom. The Morgan fingerprint density at radius 1 is 0.490 bits per heavy atom. The number of hydrogen-bond donors (Lipinski definition) is 2. The summed E-state index contributed by atoms with van der Waals surface area (Å²) < 4.78 is 6.75. The zero-order chi connectivity index (χ0) is 33.7. The third-order valence-electron chi connectivity index (χ3n) is 10.1. The van der Waals surface area contributed by atoms with Crippen molar-refractivity contribution in [1.82, 2.24) is 10.6 Å². The molecular formula is C47H33N3O. The molecule has 9 aromatic rings. The van der Waals surface area contributed by atoms with Crippen LogP contribution in [0.2, 0.25) is 0 Å². The Balaban J connectivity index is 1.11. The second kappa shape index (κ2) is 12.1. The molecule has 2 atom stereocenters. The van der Waals surface area contributed by atoms with E-state index >= 15 is 0 Å². The molecule has 2 heterocycles. The highest BCUT2D eigenvalue weighted by molar-refractivity contribution is 6.14. The van der Waals surface area contributed by atoms with Crippen molar-refractivity contribution in [2.24, 2.45) is 4.99 Å². The van der Waals surface area contributed by atoms with Gasteiger partial charge in [-0.3, -0.25) is 5.32 Å².